The van der Waals surface area contributed by atoms with Crippen LogP contribution in [0.4, 0.5) is 18.3 Å². The Labute approximate surface area is 104 Å². The molecule has 0 aliphatic heterocycles. The van der Waals surface area contributed by atoms with E-state index in [1.54, 1.807) is 0 Å². The summed E-state index contributed by atoms with van der Waals surface area (Å²) in [6.07, 6.45) is -4.43. The number of anilines is 1. The average Bonchev–Trinajstić information content (AvgIpc) is 2.69. The van der Waals surface area contributed by atoms with Crippen LogP contribution in [0.25, 0.3) is 11.3 Å². The lowest BCUT2D eigenvalue weighted by atomic mass is 10.1. The maximum absolute atomic E-state index is 12.6. The summed E-state index contributed by atoms with van der Waals surface area (Å²) in [6, 6.07) is 6.52. The second-order valence-corrected chi connectivity index (χ2v) is 4.45. The highest BCUT2D eigenvalue weighted by Gasteiger charge is 2.30. The summed E-state index contributed by atoms with van der Waals surface area (Å²) in [7, 11) is 0. The van der Waals surface area contributed by atoms with E-state index in [4.69, 9.17) is 11.0 Å². The van der Waals surface area contributed by atoms with E-state index in [1.807, 2.05) is 6.07 Å². The summed E-state index contributed by atoms with van der Waals surface area (Å²) in [5.41, 5.74) is 5.09. The van der Waals surface area contributed by atoms with E-state index in [9.17, 15) is 13.2 Å². The number of nitriles is 1. The number of alkyl halides is 3. The van der Waals surface area contributed by atoms with Crippen molar-refractivity contribution in [2.24, 2.45) is 0 Å². The van der Waals surface area contributed by atoms with Crippen LogP contribution in [0.3, 0.4) is 0 Å². The molecule has 0 aliphatic rings. The van der Waals surface area contributed by atoms with E-state index < -0.39 is 11.7 Å². The van der Waals surface area contributed by atoms with Crippen molar-refractivity contribution in [3.05, 3.63) is 34.7 Å². The number of nitrogen functional groups attached to an aromatic ring is 1. The fraction of sp³-hybridized carbons (Fsp3) is 0.0909. The Hall–Kier alpha value is -2.07. The molecule has 3 nitrogen and oxygen atoms in total. The highest BCUT2D eigenvalue weighted by atomic mass is 32.1. The van der Waals surface area contributed by atoms with Crippen LogP contribution in [-0.4, -0.2) is 4.98 Å². The fourth-order valence-electron chi connectivity index (χ4n) is 1.45. The molecule has 2 N–H and O–H groups in total. The minimum atomic E-state index is -4.43. The van der Waals surface area contributed by atoms with E-state index in [-0.39, 0.29) is 21.3 Å². The van der Waals surface area contributed by atoms with E-state index in [2.05, 4.69) is 4.98 Å². The van der Waals surface area contributed by atoms with Crippen LogP contribution in [-0.2, 0) is 6.18 Å². The minimum absolute atomic E-state index is 0.152. The molecule has 0 fully saturated rings. The van der Waals surface area contributed by atoms with Gasteiger partial charge in [0.25, 0.3) is 0 Å². The Bertz CT molecular complexity index is 625. The van der Waals surface area contributed by atoms with Crippen LogP contribution < -0.4 is 5.73 Å². The molecule has 18 heavy (non-hydrogen) atoms. The molecule has 92 valence electrons. The topological polar surface area (TPSA) is 62.7 Å². The molecule has 0 bridgehead atoms. The number of hydrogen-bond donors (Lipinski definition) is 1. The quantitative estimate of drug-likeness (QED) is 0.864. The van der Waals surface area contributed by atoms with Gasteiger partial charge in [0.1, 0.15) is 16.6 Å². The molecule has 2 aromatic rings. The van der Waals surface area contributed by atoms with Crippen molar-refractivity contribution in [2.45, 2.75) is 6.18 Å². The lowest BCUT2D eigenvalue weighted by Gasteiger charge is -2.07. The number of hydrogen-bond acceptors (Lipinski definition) is 4. The molecule has 0 unspecified atom stereocenters. The predicted octanol–water partition coefficient (Wildman–Crippen LogP) is 3.28. The van der Waals surface area contributed by atoms with Crippen LogP contribution in [0.15, 0.2) is 24.3 Å². The molecule has 1 heterocycles. The van der Waals surface area contributed by atoms with Crippen molar-refractivity contribution < 1.29 is 13.2 Å². The van der Waals surface area contributed by atoms with E-state index in [0.717, 1.165) is 23.5 Å². The first-order chi connectivity index (χ1) is 8.41. The van der Waals surface area contributed by atoms with Crippen LogP contribution >= 0.6 is 11.3 Å². The van der Waals surface area contributed by atoms with Gasteiger partial charge in [0.05, 0.1) is 5.56 Å². The Morgan fingerprint density at radius 2 is 2.06 bits per heavy atom. The van der Waals surface area contributed by atoms with Crippen LogP contribution in [0.2, 0.25) is 0 Å². The van der Waals surface area contributed by atoms with E-state index in [1.165, 1.54) is 12.1 Å². The first kappa shape index (κ1) is 12.4. The summed E-state index contributed by atoms with van der Waals surface area (Å²) in [5.74, 6) is 0. The Kier molecular flexibility index (Phi) is 2.97. The molecule has 1 aromatic carbocycles. The number of nitrogens with zero attached hydrogens (tertiary/aromatic N) is 2. The standard InChI is InChI=1S/C11H6F3N3S/c12-11(13,14)7-3-1-2-6(4-7)9-8(5-15)18-10(16)17-9/h1-4H,(H2,16,17). The number of aromatic nitrogens is 1. The van der Waals surface area contributed by atoms with Crippen LogP contribution in [0.1, 0.15) is 10.4 Å². The third kappa shape index (κ3) is 2.28. The van der Waals surface area contributed by atoms with Gasteiger partial charge in [-0.25, -0.2) is 4.98 Å². The number of halogens is 3. The summed E-state index contributed by atoms with van der Waals surface area (Å²) < 4.78 is 37.7. The normalized spacial score (nSPS) is 11.2. The van der Waals surface area contributed by atoms with Gasteiger partial charge in [-0.05, 0) is 12.1 Å². The number of benzene rings is 1. The Balaban J connectivity index is 2.55. The molecule has 0 saturated carbocycles. The van der Waals surface area contributed by atoms with Crippen molar-refractivity contribution in [3.63, 3.8) is 0 Å². The van der Waals surface area contributed by atoms with Gasteiger partial charge in [-0.1, -0.05) is 23.5 Å². The lowest BCUT2D eigenvalue weighted by Crippen LogP contribution is -2.04. The number of nitrogens with two attached hydrogens (primary N) is 1. The smallest absolute Gasteiger partial charge is 0.375 e. The fourth-order valence-corrected chi connectivity index (χ4v) is 2.10. The molecule has 7 heteroatoms. The number of rotatable bonds is 1. The van der Waals surface area contributed by atoms with Crippen molar-refractivity contribution in [2.75, 3.05) is 5.73 Å². The van der Waals surface area contributed by atoms with Gasteiger partial charge in [0.15, 0.2) is 5.13 Å². The zero-order valence-electron chi connectivity index (χ0n) is 8.82. The maximum atomic E-state index is 12.6. The first-order valence-electron chi connectivity index (χ1n) is 4.76. The third-order valence-electron chi connectivity index (χ3n) is 2.21. The van der Waals surface area contributed by atoms with Gasteiger partial charge in [-0.3, -0.25) is 0 Å². The van der Waals surface area contributed by atoms with Gasteiger partial charge < -0.3 is 5.73 Å². The van der Waals surface area contributed by atoms with Crippen molar-refractivity contribution in [1.82, 2.24) is 4.98 Å². The molecular weight excluding hydrogens is 263 g/mol. The highest BCUT2D eigenvalue weighted by Crippen LogP contribution is 2.34. The summed E-state index contributed by atoms with van der Waals surface area (Å²) in [5, 5.41) is 9.02. The monoisotopic (exact) mass is 269 g/mol. The highest BCUT2D eigenvalue weighted by molar-refractivity contribution is 7.16. The van der Waals surface area contributed by atoms with Crippen molar-refractivity contribution >= 4 is 16.5 Å². The van der Waals surface area contributed by atoms with E-state index in [0.29, 0.717) is 0 Å². The van der Waals surface area contributed by atoms with Crippen molar-refractivity contribution in [1.29, 1.82) is 5.26 Å². The molecule has 0 aliphatic carbocycles. The van der Waals surface area contributed by atoms with Gasteiger partial charge in [-0.15, -0.1) is 0 Å². The average molecular weight is 269 g/mol. The lowest BCUT2D eigenvalue weighted by molar-refractivity contribution is -0.137. The number of thiazole rings is 1. The molecule has 1 aromatic heterocycles. The van der Waals surface area contributed by atoms with Gasteiger partial charge in [0.2, 0.25) is 0 Å². The predicted molar refractivity (Wildman–Crippen MR) is 61.7 cm³/mol. The molecule has 0 atom stereocenters. The first-order valence-corrected chi connectivity index (χ1v) is 5.57. The summed E-state index contributed by atoms with van der Waals surface area (Å²) in [6.45, 7) is 0. The molecular formula is C11H6F3N3S. The van der Waals surface area contributed by atoms with Gasteiger partial charge >= 0.3 is 6.18 Å². The zero-order chi connectivity index (χ0) is 13.3. The Morgan fingerprint density at radius 1 is 1.33 bits per heavy atom. The third-order valence-corrected chi connectivity index (χ3v) is 3.00. The molecule has 2 rings (SSSR count). The Morgan fingerprint density at radius 3 is 2.67 bits per heavy atom. The molecule has 0 amide bonds. The van der Waals surface area contributed by atoms with Crippen LogP contribution in [0.5, 0.6) is 0 Å². The van der Waals surface area contributed by atoms with Gasteiger partial charge in [-0.2, -0.15) is 18.4 Å². The summed E-state index contributed by atoms with van der Waals surface area (Å²) in [4.78, 5) is 4.08. The zero-order valence-corrected chi connectivity index (χ0v) is 9.64. The molecule has 0 radical (unpaired) electrons. The van der Waals surface area contributed by atoms with E-state index >= 15 is 0 Å². The van der Waals surface area contributed by atoms with Crippen LogP contribution in [0, 0.1) is 11.3 Å². The second kappa shape index (κ2) is 4.31. The largest absolute Gasteiger partial charge is 0.416 e. The minimum Gasteiger partial charge on any atom is -0.375 e. The molecule has 0 spiro atoms. The van der Waals surface area contributed by atoms with Gasteiger partial charge in [0, 0.05) is 5.56 Å². The SMILES string of the molecule is N#Cc1sc(N)nc1-c1cccc(C(F)(F)F)c1. The van der Waals surface area contributed by atoms with Crippen molar-refractivity contribution in [3.8, 4) is 17.3 Å². The second-order valence-electron chi connectivity index (χ2n) is 3.42. The maximum Gasteiger partial charge on any atom is 0.416 e. The summed E-state index contributed by atoms with van der Waals surface area (Å²) >= 11 is 0.947. The molecule has 0 saturated heterocycles.